The molecule has 2 rings (SSSR count). The maximum atomic E-state index is 11.6. The molecule has 1 aliphatic heterocycles. The summed E-state index contributed by atoms with van der Waals surface area (Å²) >= 11 is 0. The topological polar surface area (TPSA) is 83.8 Å². The molecule has 1 unspecified atom stereocenters. The maximum absolute atomic E-state index is 11.6. The smallest absolute Gasteiger partial charge is 0.347 e. The summed E-state index contributed by atoms with van der Waals surface area (Å²) in [6, 6.07) is 4.78. The highest BCUT2D eigenvalue weighted by Gasteiger charge is 2.33. The number of esters is 2. The van der Waals surface area contributed by atoms with Crippen LogP contribution in [0.25, 0.3) is 0 Å². The average Bonchev–Trinajstić information content (AvgIpc) is 2.70. The molecule has 0 saturated carbocycles. The minimum absolute atomic E-state index is 0.137. The molecular formula is C14H16O5. The van der Waals surface area contributed by atoms with E-state index in [1.54, 1.807) is 12.1 Å². The first kappa shape index (κ1) is 13.7. The van der Waals surface area contributed by atoms with E-state index in [2.05, 4.69) is 4.74 Å². The zero-order valence-electron chi connectivity index (χ0n) is 10.5. The van der Waals surface area contributed by atoms with E-state index >= 15 is 0 Å². The zero-order chi connectivity index (χ0) is 13.8. The molecule has 1 aliphatic rings. The van der Waals surface area contributed by atoms with Crippen molar-refractivity contribution < 1.29 is 24.5 Å². The third-order valence-electron chi connectivity index (χ3n) is 3.20. The van der Waals surface area contributed by atoms with Crippen molar-refractivity contribution in [3.63, 3.8) is 0 Å². The number of fused-ring (bicyclic) bond motifs is 1. The van der Waals surface area contributed by atoms with Crippen LogP contribution in [0.2, 0.25) is 0 Å². The SMILES string of the molecule is O=C1OC(=O)c2c1cccc2C(O)CCCCCO. The first-order valence-corrected chi connectivity index (χ1v) is 6.33. The number of aliphatic hydroxyl groups excluding tert-OH is 2. The number of rotatable bonds is 6. The summed E-state index contributed by atoms with van der Waals surface area (Å²) in [5, 5.41) is 18.8. The Bertz CT molecular complexity index is 495. The number of hydrogen-bond donors (Lipinski definition) is 2. The molecule has 2 N–H and O–H groups in total. The minimum Gasteiger partial charge on any atom is -0.396 e. The summed E-state index contributed by atoms with van der Waals surface area (Å²) in [5.41, 5.74) is 0.844. The third kappa shape index (κ3) is 2.83. The van der Waals surface area contributed by atoms with E-state index in [-0.39, 0.29) is 17.7 Å². The van der Waals surface area contributed by atoms with Crippen LogP contribution in [0.5, 0.6) is 0 Å². The number of hydrogen-bond acceptors (Lipinski definition) is 5. The average molecular weight is 264 g/mol. The van der Waals surface area contributed by atoms with Crippen molar-refractivity contribution in [2.75, 3.05) is 6.61 Å². The highest BCUT2D eigenvalue weighted by atomic mass is 16.6. The lowest BCUT2D eigenvalue weighted by Crippen LogP contribution is -2.06. The first-order chi connectivity index (χ1) is 9.15. The summed E-state index contributed by atoms with van der Waals surface area (Å²) in [7, 11) is 0. The van der Waals surface area contributed by atoms with E-state index in [1.807, 2.05) is 0 Å². The Balaban J connectivity index is 2.13. The molecule has 102 valence electrons. The van der Waals surface area contributed by atoms with Crippen molar-refractivity contribution in [3.8, 4) is 0 Å². The molecule has 0 aliphatic carbocycles. The number of benzene rings is 1. The van der Waals surface area contributed by atoms with E-state index in [0.717, 1.165) is 12.8 Å². The van der Waals surface area contributed by atoms with Gasteiger partial charge in [0.05, 0.1) is 17.2 Å². The predicted octanol–water partition coefficient (Wildman–Crippen LogP) is 1.58. The van der Waals surface area contributed by atoms with Crippen molar-refractivity contribution in [2.24, 2.45) is 0 Å². The zero-order valence-corrected chi connectivity index (χ0v) is 10.5. The van der Waals surface area contributed by atoms with Gasteiger partial charge in [-0.15, -0.1) is 0 Å². The molecule has 1 aromatic rings. The Labute approximate surface area is 110 Å². The lowest BCUT2D eigenvalue weighted by Gasteiger charge is -2.12. The van der Waals surface area contributed by atoms with Crippen molar-refractivity contribution in [1.82, 2.24) is 0 Å². The van der Waals surface area contributed by atoms with Gasteiger partial charge in [0, 0.05) is 6.61 Å². The fourth-order valence-corrected chi connectivity index (χ4v) is 2.22. The van der Waals surface area contributed by atoms with Gasteiger partial charge in [0.2, 0.25) is 0 Å². The van der Waals surface area contributed by atoms with Crippen LogP contribution in [-0.4, -0.2) is 28.8 Å². The van der Waals surface area contributed by atoms with Gasteiger partial charge in [-0.2, -0.15) is 0 Å². The molecule has 0 amide bonds. The van der Waals surface area contributed by atoms with Gasteiger partial charge in [-0.3, -0.25) is 0 Å². The second-order valence-electron chi connectivity index (χ2n) is 4.54. The molecular weight excluding hydrogens is 248 g/mol. The van der Waals surface area contributed by atoms with Gasteiger partial charge < -0.3 is 14.9 Å². The molecule has 0 saturated heterocycles. The van der Waals surface area contributed by atoms with E-state index in [9.17, 15) is 14.7 Å². The van der Waals surface area contributed by atoms with Crippen molar-refractivity contribution in [3.05, 3.63) is 34.9 Å². The number of aliphatic hydroxyl groups is 2. The normalized spacial score (nSPS) is 15.3. The Morgan fingerprint density at radius 2 is 1.89 bits per heavy atom. The molecule has 1 heterocycles. The summed E-state index contributed by atoms with van der Waals surface area (Å²) in [6.07, 6.45) is 1.94. The molecule has 1 aromatic carbocycles. The van der Waals surface area contributed by atoms with E-state index in [4.69, 9.17) is 5.11 Å². The first-order valence-electron chi connectivity index (χ1n) is 6.33. The second kappa shape index (κ2) is 5.95. The number of carbonyl (C=O) groups is 2. The van der Waals surface area contributed by atoms with Crippen LogP contribution in [0.4, 0.5) is 0 Å². The number of ether oxygens (including phenoxy) is 1. The van der Waals surface area contributed by atoms with Crippen molar-refractivity contribution >= 4 is 11.9 Å². The van der Waals surface area contributed by atoms with Crippen LogP contribution in [0.3, 0.4) is 0 Å². The number of cyclic esters (lactones) is 2. The number of unbranched alkanes of at least 4 members (excludes halogenated alkanes) is 2. The number of carbonyl (C=O) groups excluding carboxylic acids is 2. The minimum atomic E-state index is -0.799. The fourth-order valence-electron chi connectivity index (χ4n) is 2.22. The van der Waals surface area contributed by atoms with E-state index in [0.29, 0.717) is 18.4 Å². The molecule has 1 atom stereocenters. The Morgan fingerprint density at radius 3 is 2.63 bits per heavy atom. The standard InChI is InChI=1S/C14H16O5/c15-8-3-1-2-7-11(16)9-5-4-6-10-12(9)14(18)19-13(10)17/h4-6,11,15-16H,1-3,7-8H2. The molecule has 5 nitrogen and oxygen atoms in total. The summed E-state index contributed by atoms with van der Waals surface area (Å²) in [5.74, 6) is -1.35. The third-order valence-corrected chi connectivity index (χ3v) is 3.20. The van der Waals surface area contributed by atoms with Crippen LogP contribution in [0.15, 0.2) is 18.2 Å². The predicted molar refractivity (Wildman–Crippen MR) is 66.7 cm³/mol. The highest BCUT2D eigenvalue weighted by molar-refractivity contribution is 6.15. The largest absolute Gasteiger partial charge is 0.396 e. The van der Waals surface area contributed by atoms with Gasteiger partial charge in [0.25, 0.3) is 0 Å². The Morgan fingerprint density at radius 1 is 1.11 bits per heavy atom. The van der Waals surface area contributed by atoms with Crippen LogP contribution in [0, 0.1) is 0 Å². The van der Waals surface area contributed by atoms with Crippen molar-refractivity contribution in [1.29, 1.82) is 0 Å². The maximum Gasteiger partial charge on any atom is 0.347 e. The van der Waals surface area contributed by atoms with Crippen LogP contribution >= 0.6 is 0 Å². The summed E-state index contributed by atoms with van der Waals surface area (Å²) in [6.45, 7) is 0.137. The molecule has 0 spiro atoms. The molecule has 0 aromatic heterocycles. The Kier molecular flexibility index (Phi) is 4.29. The lowest BCUT2D eigenvalue weighted by molar-refractivity contribution is 0.0441. The van der Waals surface area contributed by atoms with Crippen LogP contribution in [-0.2, 0) is 4.74 Å². The van der Waals surface area contributed by atoms with E-state index in [1.165, 1.54) is 6.07 Å². The quantitative estimate of drug-likeness (QED) is 0.463. The molecule has 5 heteroatoms. The summed E-state index contributed by atoms with van der Waals surface area (Å²) in [4.78, 5) is 23.0. The summed E-state index contributed by atoms with van der Waals surface area (Å²) < 4.78 is 4.54. The van der Waals surface area contributed by atoms with Gasteiger partial charge in [-0.25, -0.2) is 9.59 Å². The highest BCUT2D eigenvalue weighted by Crippen LogP contribution is 2.30. The van der Waals surface area contributed by atoms with Gasteiger partial charge in [-0.1, -0.05) is 25.0 Å². The lowest BCUT2D eigenvalue weighted by atomic mass is 9.95. The van der Waals surface area contributed by atoms with E-state index < -0.39 is 18.0 Å². The monoisotopic (exact) mass is 264 g/mol. The molecule has 0 radical (unpaired) electrons. The molecule has 19 heavy (non-hydrogen) atoms. The van der Waals surface area contributed by atoms with Gasteiger partial charge in [-0.05, 0) is 24.5 Å². The van der Waals surface area contributed by atoms with Gasteiger partial charge in [0.1, 0.15) is 0 Å². The van der Waals surface area contributed by atoms with Crippen LogP contribution in [0.1, 0.15) is 58.1 Å². The van der Waals surface area contributed by atoms with Crippen molar-refractivity contribution in [2.45, 2.75) is 31.8 Å². The molecule has 0 fully saturated rings. The van der Waals surface area contributed by atoms with Gasteiger partial charge >= 0.3 is 11.9 Å². The van der Waals surface area contributed by atoms with Gasteiger partial charge in [0.15, 0.2) is 0 Å². The Hall–Kier alpha value is -1.72. The fraction of sp³-hybridized carbons (Fsp3) is 0.429. The molecule has 0 bridgehead atoms. The van der Waals surface area contributed by atoms with Crippen LogP contribution < -0.4 is 0 Å². The second-order valence-corrected chi connectivity index (χ2v) is 4.54.